The second-order valence-electron chi connectivity index (χ2n) is 2.58. The van der Waals surface area contributed by atoms with Gasteiger partial charge in [-0.05, 0) is 24.6 Å². The van der Waals surface area contributed by atoms with Crippen molar-refractivity contribution in [3.8, 4) is 0 Å². The fourth-order valence-corrected chi connectivity index (χ4v) is 0.961. The molecule has 3 nitrogen and oxygen atoms in total. The first-order chi connectivity index (χ1) is 6.27. The molecule has 0 bridgehead atoms. The molecule has 16 heavy (non-hydrogen) atoms. The summed E-state index contributed by atoms with van der Waals surface area (Å²) in [5.74, 6) is -0.327. The van der Waals surface area contributed by atoms with E-state index in [2.05, 4.69) is 0 Å². The lowest BCUT2D eigenvalue weighted by molar-refractivity contribution is 0.0526. The molecule has 0 aliphatic heterocycles. The van der Waals surface area contributed by atoms with Crippen molar-refractivity contribution in [1.82, 2.24) is 0 Å². The van der Waals surface area contributed by atoms with Gasteiger partial charge in [0.2, 0.25) is 0 Å². The minimum absolute atomic E-state index is 0. The first-order valence-electron chi connectivity index (χ1n) is 4.15. The van der Waals surface area contributed by atoms with E-state index in [4.69, 9.17) is 9.84 Å². The highest BCUT2D eigenvalue weighted by atomic mass is 16.5. The molecule has 0 saturated heterocycles. The molecular formula is C13H24O3. The largest absolute Gasteiger partial charge is 0.462 e. The molecule has 0 radical (unpaired) electrons. The third-order valence-corrected chi connectivity index (χ3v) is 1.65. The second-order valence-corrected chi connectivity index (χ2v) is 2.58. The van der Waals surface area contributed by atoms with E-state index >= 15 is 0 Å². The Morgan fingerprint density at radius 3 is 2.06 bits per heavy atom. The number of esters is 1. The Bertz CT molecular complexity index is 278. The van der Waals surface area contributed by atoms with E-state index in [1.807, 2.05) is 0 Å². The average Bonchev–Trinajstić information content (AvgIpc) is 2.18. The van der Waals surface area contributed by atoms with E-state index in [1.54, 1.807) is 31.2 Å². The maximum Gasteiger partial charge on any atom is 0.338 e. The quantitative estimate of drug-likeness (QED) is 0.808. The Labute approximate surface area is 99.1 Å². The first kappa shape index (κ1) is 20.1. The van der Waals surface area contributed by atoms with E-state index in [-0.39, 0.29) is 34.9 Å². The summed E-state index contributed by atoms with van der Waals surface area (Å²) in [5, 5.41) is 8.75. The Kier molecular flexibility index (Phi) is 12.8. The number of hydrogen-bond acceptors (Lipinski definition) is 3. The minimum Gasteiger partial charge on any atom is -0.462 e. The van der Waals surface area contributed by atoms with Crippen molar-refractivity contribution < 1.29 is 14.6 Å². The molecule has 0 spiro atoms. The molecule has 94 valence electrons. The maximum absolute atomic E-state index is 11.2. The number of aliphatic hydroxyl groups excluding tert-OH is 1. The monoisotopic (exact) mass is 228 g/mol. The number of rotatable bonds is 3. The van der Waals surface area contributed by atoms with Crippen LogP contribution in [0.2, 0.25) is 0 Å². The van der Waals surface area contributed by atoms with Crippen molar-refractivity contribution in [3.63, 3.8) is 0 Å². The number of benzene rings is 1. The Morgan fingerprint density at radius 2 is 1.69 bits per heavy atom. The lowest BCUT2D eigenvalue weighted by Crippen LogP contribution is -2.04. The van der Waals surface area contributed by atoms with Crippen LogP contribution >= 0.6 is 0 Å². The molecule has 0 amide bonds. The second kappa shape index (κ2) is 10.2. The van der Waals surface area contributed by atoms with Gasteiger partial charge in [-0.3, -0.25) is 0 Å². The smallest absolute Gasteiger partial charge is 0.338 e. The highest BCUT2D eigenvalue weighted by Crippen LogP contribution is 2.05. The molecule has 3 heteroatoms. The predicted octanol–water partition coefficient (Wildman–Crippen LogP) is 3.26. The van der Waals surface area contributed by atoms with E-state index in [0.717, 1.165) is 5.56 Å². The summed E-state index contributed by atoms with van der Waals surface area (Å²) in [6.45, 7) is 2.13. The number of aliphatic hydroxyl groups is 1. The van der Waals surface area contributed by atoms with Gasteiger partial charge in [-0.15, -0.1) is 0 Å². The summed E-state index contributed by atoms with van der Waals surface area (Å²) in [4.78, 5) is 11.2. The van der Waals surface area contributed by atoms with E-state index in [0.29, 0.717) is 12.2 Å². The summed E-state index contributed by atoms with van der Waals surface area (Å²) in [5.41, 5.74) is 1.30. The van der Waals surface area contributed by atoms with Gasteiger partial charge in [0, 0.05) is 0 Å². The molecule has 1 aromatic carbocycles. The van der Waals surface area contributed by atoms with Gasteiger partial charge in [-0.2, -0.15) is 0 Å². The van der Waals surface area contributed by atoms with Crippen LogP contribution in [0, 0.1) is 0 Å². The van der Waals surface area contributed by atoms with Crippen molar-refractivity contribution in [3.05, 3.63) is 35.4 Å². The molecule has 0 saturated carbocycles. The average molecular weight is 228 g/mol. The van der Waals surface area contributed by atoms with Crippen molar-refractivity contribution in [1.29, 1.82) is 0 Å². The standard InChI is InChI=1S/C10H12O3.3CH4/c1-2-13-10(12)9-5-3-8(7-11)4-6-9;;;/h3-6,11H,2,7H2,1H3;3*1H4. The van der Waals surface area contributed by atoms with Crippen LogP contribution in [0.1, 0.15) is 45.1 Å². The van der Waals surface area contributed by atoms with Crippen LogP contribution in [-0.4, -0.2) is 17.7 Å². The van der Waals surface area contributed by atoms with Crippen LogP contribution in [0.15, 0.2) is 24.3 Å². The van der Waals surface area contributed by atoms with Crippen molar-refractivity contribution in [2.45, 2.75) is 35.8 Å². The summed E-state index contributed by atoms with van der Waals surface area (Å²) in [7, 11) is 0. The molecule has 0 aliphatic rings. The minimum atomic E-state index is -0.327. The van der Waals surface area contributed by atoms with Crippen LogP contribution in [0.4, 0.5) is 0 Å². The molecule has 0 aromatic heterocycles. The van der Waals surface area contributed by atoms with Crippen LogP contribution in [0.5, 0.6) is 0 Å². The van der Waals surface area contributed by atoms with Gasteiger partial charge in [-0.25, -0.2) is 4.79 Å². The maximum atomic E-state index is 11.2. The third-order valence-electron chi connectivity index (χ3n) is 1.65. The molecule has 0 atom stereocenters. The third kappa shape index (κ3) is 5.51. The van der Waals surface area contributed by atoms with E-state index < -0.39 is 0 Å². The summed E-state index contributed by atoms with van der Waals surface area (Å²) in [6.07, 6.45) is 0. The summed E-state index contributed by atoms with van der Waals surface area (Å²) in [6, 6.07) is 6.69. The Balaban J connectivity index is -0.000000563. The van der Waals surface area contributed by atoms with Gasteiger partial charge in [0.05, 0.1) is 18.8 Å². The topological polar surface area (TPSA) is 46.5 Å². The predicted molar refractivity (Wildman–Crippen MR) is 68.5 cm³/mol. The van der Waals surface area contributed by atoms with Gasteiger partial charge in [-0.1, -0.05) is 34.4 Å². The zero-order chi connectivity index (χ0) is 9.68. The Morgan fingerprint density at radius 1 is 1.19 bits per heavy atom. The fourth-order valence-electron chi connectivity index (χ4n) is 0.961. The molecule has 0 heterocycles. The molecule has 0 fully saturated rings. The number of hydrogen-bond donors (Lipinski definition) is 1. The zero-order valence-electron chi connectivity index (χ0n) is 7.49. The lowest BCUT2D eigenvalue weighted by atomic mass is 10.1. The number of carbonyl (C=O) groups excluding carboxylic acids is 1. The van der Waals surface area contributed by atoms with Gasteiger partial charge < -0.3 is 9.84 Å². The zero-order valence-corrected chi connectivity index (χ0v) is 7.49. The van der Waals surface area contributed by atoms with Crippen molar-refractivity contribution in [2.75, 3.05) is 6.61 Å². The SMILES string of the molecule is C.C.C.CCOC(=O)c1ccc(CO)cc1. The summed E-state index contributed by atoms with van der Waals surface area (Å²) < 4.78 is 4.80. The highest BCUT2D eigenvalue weighted by Gasteiger charge is 2.04. The Hall–Kier alpha value is -1.35. The molecule has 0 aliphatic carbocycles. The van der Waals surface area contributed by atoms with Gasteiger partial charge in [0.25, 0.3) is 0 Å². The highest BCUT2D eigenvalue weighted by molar-refractivity contribution is 5.89. The summed E-state index contributed by atoms with van der Waals surface area (Å²) >= 11 is 0. The molecule has 1 rings (SSSR count). The van der Waals surface area contributed by atoms with E-state index in [1.165, 1.54) is 0 Å². The van der Waals surface area contributed by atoms with Crippen LogP contribution in [0.3, 0.4) is 0 Å². The van der Waals surface area contributed by atoms with Crippen LogP contribution in [0.25, 0.3) is 0 Å². The van der Waals surface area contributed by atoms with Gasteiger partial charge in [0.1, 0.15) is 0 Å². The molecule has 1 aromatic rings. The first-order valence-corrected chi connectivity index (χ1v) is 4.15. The van der Waals surface area contributed by atoms with E-state index in [9.17, 15) is 4.79 Å². The molecular weight excluding hydrogens is 204 g/mol. The number of carbonyl (C=O) groups is 1. The van der Waals surface area contributed by atoms with Crippen molar-refractivity contribution in [2.24, 2.45) is 0 Å². The lowest BCUT2D eigenvalue weighted by Gasteiger charge is -2.01. The van der Waals surface area contributed by atoms with Crippen molar-refractivity contribution >= 4 is 5.97 Å². The number of ether oxygens (including phenoxy) is 1. The van der Waals surface area contributed by atoms with Gasteiger partial charge >= 0.3 is 5.97 Å². The van der Waals surface area contributed by atoms with Gasteiger partial charge in [0.15, 0.2) is 0 Å². The van der Waals surface area contributed by atoms with Crippen LogP contribution in [-0.2, 0) is 11.3 Å². The fraction of sp³-hybridized carbons (Fsp3) is 0.462. The normalized spacial score (nSPS) is 7.88. The molecule has 1 N–H and O–H groups in total. The molecule has 0 unspecified atom stereocenters. The van der Waals surface area contributed by atoms with Crippen LogP contribution < -0.4 is 0 Å².